The minimum Gasteiger partial charge on any atom is -0.493 e. The molecule has 3 aromatic carbocycles. The fourth-order valence-electron chi connectivity index (χ4n) is 6.57. The molecule has 178 valence electrons. The average molecular weight is 457 g/mol. The summed E-state index contributed by atoms with van der Waals surface area (Å²) in [6.45, 7) is 9.61. The van der Waals surface area contributed by atoms with E-state index >= 15 is 0 Å². The number of hydrogen-bond donors (Lipinski definition) is 1. The third kappa shape index (κ3) is 4.16. The van der Waals surface area contributed by atoms with Crippen LogP contribution in [-0.2, 0) is 5.60 Å². The summed E-state index contributed by atoms with van der Waals surface area (Å²) in [5.74, 6) is 0.958. The van der Waals surface area contributed by atoms with Crippen LogP contribution in [0.25, 0.3) is 0 Å². The van der Waals surface area contributed by atoms with Crippen molar-refractivity contribution in [1.82, 2.24) is 0 Å². The van der Waals surface area contributed by atoms with Crippen molar-refractivity contribution in [2.24, 2.45) is 5.41 Å². The standard InChI is InChI=1S/C31H38NO2/c1-25-9-6-11-27(23-25)31(33,28-12-7-10-26(2)24-28)30-15-19-32(20-16-30,21-17-30)18-8-22-34-29-13-4-3-5-14-29/h3-7,9-14,23-24,33H,8,15-22H2,1-2H3/q+1. The van der Waals surface area contributed by atoms with Gasteiger partial charge in [-0.1, -0.05) is 77.9 Å². The van der Waals surface area contributed by atoms with Crippen LogP contribution in [0.5, 0.6) is 5.75 Å². The number of hydrogen-bond acceptors (Lipinski definition) is 2. The van der Waals surface area contributed by atoms with Gasteiger partial charge >= 0.3 is 0 Å². The lowest BCUT2D eigenvalue weighted by Crippen LogP contribution is -2.66. The SMILES string of the molecule is Cc1cccc(C(O)(c2cccc(C)c2)C23CC[N+](CCCOc4ccccc4)(CC2)CC3)c1. The van der Waals surface area contributed by atoms with E-state index in [9.17, 15) is 5.11 Å². The number of nitrogens with zero attached hydrogens (tertiary/aromatic N) is 1. The Morgan fingerprint density at radius 1 is 0.794 bits per heavy atom. The maximum atomic E-state index is 12.7. The summed E-state index contributed by atoms with van der Waals surface area (Å²) in [6, 6.07) is 27.2. The molecule has 0 radical (unpaired) electrons. The number of aryl methyl sites for hydroxylation is 2. The van der Waals surface area contributed by atoms with Gasteiger partial charge in [0.1, 0.15) is 11.4 Å². The molecule has 3 aromatic rings. The molecule has 6 rings (SSSR count). The van der Waals surface area contributed by atoms with E-state index in [2.05, 4.69) is 62.4 Å². The molecule has 3 heterocycles. The maximum Gasteiger partial charge on any atom is 0.121 e. The topological polar surface area (TPSA) is 29.5 Å². The molecule has 3 aliphatic heterocycles. The zero-order valence-electron chi connectivity index (χ0n) is 20.7. The molecule has 3 heteroatoms. The van der Waals surface area contributed by atoms with Crippen molar-refractivity contribution in [3.63, 3.8) is 0 Å². The van der Waals surface area contributed by atoms with Crippen molar-refractivity contribution in [1.29, 1.82) is 0 Å². The first kappa shape index (κ1) is 23.1. The van der Waals surface area contributed by atoms with Crippen LogP contribution in [-0.4, -0.2) is 42.4 Å². The third-order valence-electron chi connectivity index (χ3n) is 8.62. The molecule has 34 heavy (non-hydrogen) atoms. The summed E-state index contributed by atoms with van der Waals surface area (Å²) in [5, 5.41) is 12.7. The van der Waals surface area contributed by atoms with Crippen LogP contribution in [0, 0.1) is 19.3 Å². The van der Waals surface area contributed by atoms with Gasteiger partial charge in [0, 0.05) is 31.1 Å². The van der Waals surface area contributed by atoms with Gasteiger partial charge in [-0.2, -0.15) is 0 Å². The molecule has 1 N–H and O–H groups in total. The predicted molar refractivity (Wildman–Crippen MR) is 138 cm³/mol. The van der Waals surface area contributed by atoms with E-state index in [1.54, 1.807) is 0 Å². The molecule has 3 saturated heterocycles. The van der Waals surface area contributed by atoms with E-state index in [4.69, 9.17) is 4.74 Å². The number of quaternary nitrogens is 1. The van der Waals surface area contributed by atoms with E-state index in [0.717, 1.165) is 75.3 Å². The zero-order chi connectivity index (χ0) is 23.7. The Kier molecular flexibility index (Phi) is 6.26. The number of fused-ring (bicyclic) bond motifs is 3. The number of piperidine rings is 3. The Morgan fingerprint density at radius 3 is 1.88 bits per heavy atom. The van der Waals surface area contributed by atoms with Crippen LogP contribution in [0.4, 0.5) is 0 Å². The molecule has 3 aliphatic rings. The number of ether oxygens (including phenoxy) is 1. The van der Waals surface area contributed by atoms with Gasteiger partial charge < -0.3 is 14.3 Å². The summed E-state index contributed by atoms with van der Waals surface area (Å²) >= 11 is 0. The minimum absolute atomic E-state index is 0.116. The van der Waals surface area contributed by atoms with Gasteiger partial charge in [0.05, 0.1) is 32.8 Å². The van der Waals surface area contributed by atoms with Gasteiger partial charge in [0.15, 0.2) is 0 Å². The molecule has 0 spiro atoms. The summed E-state index contributed by atoms with van der Waals surface area (Å²) < 4.78 is 7.14. The molecule has 0 atom stereocenters. The first-order valence-electron chi connectivity index (χ1n) is 12.8. The average Bonchev–Trinajstić information content (AvgIpc) is 2.88. The first-order valence-corrected chi connectivity index (χ1v) is 12.8. The van der Waals surface area contributed by atoms with Gasteiger partial charge in [-0.05, 0) is 37.1 Å². The smallest absolute Gasteiger partial charge is 0.121 e. The lowest BCUT2D eigenvalue weighted by molar-refractivity contribution is -0.946. The molecular formula is C31H38NO2+. The highest BCUT2D eigenvalue weighted by Gasteiger charge is 2.60. The van der Waals surface area contributed by atoms with Gasteiger partial charge in [0.25, 0.3) is 0 Å². The van der Waals surface area contributed by atoms with E-state index in [1.165, 1.54) is 15.6 Å². The second-order valence-corrected chi connectivity index (χ2v) is 10.7. The van der Waals surface area contributed by atoms with E-state index in [0.29, 0.717) is 0 Å². The number of rotatable bonds is 8. The quantitative estimate of drug-likeness (QED) is 0.332. The van der Waals surface area contributed by atoms with Crippen LogP contribution < -0.4 is 4.74 Å². The van der Waals surface area contributed by atoms with Gasteiger partial charge in [0.2, 0.25) is 0 Å². The molecule has 3 nitrogen and oxygen atoms in total. The van der Waals surface area contributed by atoms with Crippen LogP contribution in [0.15, 0.2) is 78.9 Å². The Morgan fingerprint density at radius 2 is 1.35 bits per heavy atom. The first-order chi connectivity index (χ1) is 16.4. The van der Waals surface area contributed by atoms with Crippen LogP contribution in [0.2, 0.25) is 0 Å². The molecule has 0 aromatic heterocycles. The second kappa shape index (κ2) is 9.20. The highest BCUT2D eigenvalue weighted by molar-refractivity contribution is 5.42. The van der Waals surface area contributed by atoms with Crippen molar-refractivity contribution in [3.8, 4) is 5.75 Å². The predicted octanol–water partition coefficient (Wildman–Crippen LogP) is 6.01. The molecule has 2 bridgehead atoms. The highest BCUT2D eigenvalue weighted by atomic mass is 16.5. The summed E-state index contributed by atoms with van der Waals surface area (Å²) in [4.78, 5) is 0. The van der Waals surface area contributed by atoms with Crippen LogP contribution in [0.1, 0.15) is 47.9 Å². The molecule has 3 fully saturated rings. The second-order valence-electron chi connectivity index (χ2n) is 10.7. The number of para-hydroxylation sites is 1. The summed E-state index contributed by atoms with van der Waals surface area (Å²) in [7, 11) is 0. The summed E-state index contributed by atoms with van der Waals surface area (Å²) in [5.41, 5.74) is 3.44. The lowest BCUT2D eigenvalue weighted by Gasteiger charge is -2.60. The van der Waals surface area contributed by atoms with E-state index < -0.39 is 5.60 Å². The Labute approximate surface area is 204 Å². The Hall–Kier alpha value is -2.62. The van der Waals surface area contributed by atoms with Crippen LogP contribution >= 0.6 is 0 Å². The van der Waals surface area contributed by atoms with Crippen molar-refractivity contribution in [2.45, 2.75) is 45.1 Å². The fourth-order valence-corrected chi connectivity index (χ4v) is 6.57. The largest absolute Gasteiger partial charge is 0.493 e. The van der Waals surface area contributed by atoms with Crippen molar-refractivity contribution in [3.05, 3.63) is 101 Å². The van der Waals surface area contributed by atoms with Gasteiger partial charge in [-0.15, -0.1) is 0 Å². The van der Waals surface area contributed by atoms with Crippen molar-refractivity contribution in [2.75, 3.05) is 32.8 Å². The molecular weight excluding hydrogens is 418 g/mol. The lowest BCUT2D eigenvalue weighted by atomic mass is 9.56. The molecule has 0 aliphatic carbocycles. The van der Waals surface area contributed by atoms with Gasteiger partial charge in [-0.25, -0.2) is 0 Å². The Bertz CT molecular complexity index is 1050. The monoisotopic (exact) mass is 456 g/mol. The van der Waals surface area contributed by atoms with E-state index in [1.807, 2.05) is 30.3 Å². The Balaban J connectivity index is 1.35. The highest BCUT2D eigenvalue weighted by Crippen LogP contribution is 2.57. The van der Waals surface area contributed by atoms with Gasteiger partial charge in [-0.3, -0.25) is 0 Å². The number of benzene rings is 3. The summed E-state index contributed by atoms with van der Waals surface area (Å²) in [6.07, 6.45) is 4.25. The minimum atomic E-state index is -0.960. The zero-order valence-corrected chi connectivity index (χ0v) is 20.7. The fraction of sp³-hybridized carbons (Fsp3) is 0.419. The van der Waals surface area contributed by atoms with Crippen molar-refractivity contribution < 1.29 is 14.3 Å². The van der Waals surface area contributed by atoms with Crippen LogP contribution in [0.3, 0.4) is 0 Å². The normalized spacial score (nSPS) is 24.2. The maximum absolute atomic E-state index is 12.7. The van der Waals surface area contributed by atoms with Crippen molar-refractivity contribution >= 4 is 0 Å². The third-order valence-corrected chi connectivity index (χ3v) is 8.62. The number of aliphatic hydroxyl groups is 1. The molecule has 0 amide bonds. The molecule has 0 saturated carbocycles. The molecule has 0 unspecified atom stereocenters. The van der Waals surface area contributed by atoms with E-state index in [-0.39, 0.29) is 5.41 Å².